The zero-order valence-electron chi connectivity index (χ0n) is 14.2. The number of pyridine rings is 1. The molecule has 3 rings (SSSR count). The van der Waals surface area contributed by atoms with Crippen LogP contribution in [0.5, 0.6) is 0 Å². The van der Waals surface area contributed by atoms with Gasteiger partial charge in [0.15, 0.2) is 0 Å². The number of nitrogens with one attached hydrogen (secondary N) is 2. The number of aromatic nitrogens is 1. The molecule has 2 fully saturated rings. The normalized spacial score (nSPS) is 22.9. The summed E-state index contributed by atoms with van der Waals surface area (Å²) in [5.74, 6) is 0.319. The predicted octanol–water partition coefficient (Wildman–Crippen LogP) is 1.50. The summed E-state index contributed by atoms with van der Waals surface area (Å²) in [6.07, 6.45) is 7.85. The van der Waals surface area contributed by atoms with Gasteiger partial charge < -0.3 is 15.4 Å². The summed E-state index contributed by atoms with van der Waals surface area (Å²) in [5, 5.41) is 6.33. The van der Waals surface area contributed by atoms with Crippen LogP contribution >= 0.6 is 0 Å². The highest BCUT2D eigenvalue weighted by molar-refractivity contribution is 5.79. The Morgan fingerprint density at radius 3 is 2.96 bits per heavy atom. The number of piperidine rings is 1. The van der Waals surface area contributed by atoms with Crippen LogP contribution in [0.1, 0.15) is 25.7 Å². The van der Waals surface area contributed by atoms with Crippen LogP contribution in [0.2, 0.25) is 0 Å². The highest BCUT2D eigenvalue weighted by Crippen LogP contribution is 2.23. The lowest BCUT2D eigenvalue weighted by atomic mass is 9.94. The first-order valence-corrected chi connectivity index (χ1v) is 9.06. The van der Waals surface area contributed by atoms with E-state index in [0.717, 1.165) is 57.7 Å². The molecule has 6 heteroatoms. The van der Waals surface area contributed by atoms with Crippen molar-refractivity contribution in [2.75, 3.05) is 44.7 Å². The van der Waals surface area contributed by atoms with Gasteiger partial charge in [-0.15, -0.1) is 0 Å². The highest BCUT2D eigenvalue weighted by Gasteiger charge is 2.30. The van der Waals surface area contributed by atoms with Gasteiger partial charge in [-0.3, -0.25) is 14.7 Å². The number of nitrogens with zero attached hydrogens (tertiary/aromatic N) is 2. The van der Waals surface area contributed by atoms with Crippen LogP contribution in [-0.2, 0) is 9.53 Å². The van der Waals surface area contributed by atoms with E-state index in [9.17, 15) is 4.79 Å². The number of rotatable bonds is 6. The molecule has 3 heterocycles. The molecule has 2 aliphatic heterocycles. The largest absolute Gasteiger partial charge is 0.382 e. The number of carbonyl (C=O) groups is 1. The standard InChI is InChI=1S/C18H28N4O2/c23-18(21-9-8-20-16-4-1-7-19-13-16)15-3-2-10-22(14-15)17-5-11-24-12-6-17/h1,4,7,13,15,17,20H,2-3,5-6,8-12,14H2,(H,21,23)/t15-/m1/s1. The third-order valence-electron chi connectivity index (χ3n) is 4.95. The summed E-state index contributed by atoms with van der Waals surface area (Å²) in [5.41, 5.74) is 0.982. The number of anilines is 1. The summed E-state index contributed by atoms with van der Waals surface area (Å²) >= 11 is 0. The van der Waals surface area contributed by atoms with Gasteiger partial charge in [0.2, 0.25) is 5.91 Å². The topological polar surface area (TPSA) is 66.5 Å². The maximum Gasteiger partial charge on any atom is 0.224 e. The smallest absolute Gasteiger partial charge is 0.224 e. The van der Waals surface area contributed by atoms with Crippen molar-refractivity contribution in [1.82, 2.24) is 15.2 Å². The molecular weight excluding hydrogens is 304 g/mol. The Morgan fingerprint density at radius 2 is 2.17 bits per heavy atom. The number of amides is 1. The molecule has 0 aromatic carbocycles. The molecule has 2 aliphatic rings. The number of carbonyl (C=O) groups excluding carboxylic acids is 1. The van der Waals surface area contributed by atoms with E-state index >= 15 is 0 Å². The van der Waals surface area contributed by atoms with E-state index in [1.54, 1.807) is 12.4 Å². The Kier molecular flexibility index (Phi) is 6.43. The molecule has 2 saturated heterocycles. The molecule has 0 unspecified atom stereocenters. The lowest BCUT2D eigenvalue weighted by Gasteiger charge is -2.39. The van der Waals surface area contributed by atoms with Crippen molar-refractivity contribution in [3.63, 3.8) is 0 Å². The highest BCUT2D eigenvalue weighted by atomic mass is 16.5. The van der Waals surface area contributed by atoms with E-state index in [1.807, 2.05) is 12.1 Å². The second kappa shape index (κ2) is 8.99. The fourth-order valence-corrected chi connectivity index (χ4v) is 3.61. The van der Waals surface area contributed by atoms with Gasteiger partial charge in [-0.1, -0.05) is 0 Å². The third kappa shape index (κ3) is 4.92. The first-order chi connectivity index (χ1) is 11.8. The Morgan fingerprint density at radius 1 is 1.29 bits per heavy atom. The van der Waals surface area contributed by atoms with Crippen LogP contribution in [0.3, 0.4) is 0 Å². The molecule has 0 aliphatic carbocycles. The second-order valence-electron chi connectivity index (χ2n) is 6.64. The zero-order valence-corrected chi connectivity index (χ0v) is 14.2. The minimum atomic E-state index is 0.125. The van der Waals surface area contributed by atoms with Crippen molar-refractivity contribution in [1.29, 1.82) is 0 Å². The Hall–Kier alpha value is -1.66. The average Bonchev–Trinajstić information content (AvgIpc) is 2.67. The van der Waals surface area contributed by atoms with E-state index in [0.29, 0.717) is 19.1 Å². The first kappa shape index (κ1) is 17.2. The summed E-state index contributed by atoms with van der Waals surface area (Å²) in [7, 11) is 0. The van der Waals surface area contributed by atoms with E-state index in [1.165, 1.54) is 0 Å². The molecule has 0 saturated carbocycles. The van der Waals surface area contributed by atoms with Gasteiger partial charge in [-0.05, 0) is 44.4 Å². The molecular formula is C18H28N4O2. The van der Waals surface area contributed by atoms with Gasteiger partial charge in [0.1, 0.15) is 0 Å². The van der Waals surface area contributed by atoms with Crippen molar-refractivity contribution < 1.29 is 9.53 Å². The second-order valence-corrected chi connectivity index (χ2v) is 6.64. The zero-order chi connectivity index (χ0) is 16.6. The van der Waals surface area contributed by atoms with E-state index < -0.39 is 0 Å². The SMILES string of the molecule is O=C(NCCNc1cccnc1)[C@@H]1CCCN(C2CCOCC2)C1. The van der Waals surface area contributed by atoms with Crippen LogP contribution in [-0.4, -0.2) is 61.2 Å². The van der Waals surface area contributed by atoms with E-state index in [4.69, 9.17) is 4.74 Å². The van der Waals surface area contributed by atoms with Gasteiger partial charge in [0.25, 0.3) is 0 Å². The van der Waals surface area contributed by atoms with Crippen LogP contribution in [0, 0.1) is 5.92 Å². The van der Waals surface area contributed by atoms with E-state index in [2.05, 4.69) is 20.5 Å². The van der Waals surface area contributed by atoms with Gasteiger partial charge in [-0.25, -0.2) is 0 Å². The van der Waals surface area contributed by atoms with Crippen molar-refractivity contribution in [2.45, 2.75) is 31.7 Å². The fourth-order valence-electron chi connectivity index (χ4n) is 3.61. The Bertz CT molecular complexity index is 505. The number of ether oxygens (including phenoxy) is 1. The lowest BCUT2D eigenvalue weighted by molar-refractivity contribution is -0.127. The maximum atomic E-state index is 12.4. The fraction of sp³-hybridized carbons (Fsp3) is 0.667. The minimum Gasteiger partial charge on any atom is -0.382 e. The minimum absolute atomic E-state index is 0.125. The average molecular weight is 332 g/mol. The van der Waals surface area contributed by atoms with Crippen molar-refractivity contribution in [3.05, 3.63) is 24.5 Å². The molecule has 24 heavy (non-hydrogen) atoms. The van der Waals surface area contributed by atoms with Crippen molar-refractivity contribution >= 4 is 11.6 Å². The third-order valence-corrected chi connectivity index (χ3v) is 4.95. The summed E-state index contributed by atoms with van der Waals surface area (Å²) < 4.78 is 5.45. The molecule has 0 radical (unpaired) electrons. The molecule has 2 N–H and O–H groups in total. The van der Waals surface area contributed by atoms with Gasteiger partial charge in [-0.2, -0.15) is 0 Å². The van der Waals surface area contributed by atoms with Crippen LogP contribution in [0.25, 0.3) is 0 Å². The number of hydrogen-bond donors (Lipinski definition) is 2. The molecule has 1 amide bonds. The summed E-state index contributed by atoms with van der Waals surface area (Å²) in [4.78, 5) is 19.0. The van der Waals surface area contributed by atoms with Gasteiger partial charge in [0.05, 0.1) is 11.6 Å². The number of likely N-dealkylation sites (tertiary alicyclic amines) is 1. The van der Waals surface area contributed by atoms with Gasteiger partial charge >= 0.3 is 0 Å². The molecule has 6 nitrogen and oxygen atoms in total. The summed E-state index contributed by atoms with van der Waals surface area (Å²) in [6.45, 7) is 5.09. The van der Waals surface area contributed by atoms with E-state index in [-0.39, 0.29) is 11.8 Å². The molecule has 0 bridgehead atoms. The maximum absolute atomic E-state index is 12.4. The van der Waals surface area contributed by atoms with Gasteiger partial charge in [0, 0.05) is 51.3 Å². The molecule has 1 atom stereocenters. The molecule has 132 valence electrons. The van der Waals surface area contributed by atoms with Crippen molar-refractivity contribution in [3.8, 4) is 0 Å². The van der Waals surface area contributed by atoms with Crippen LogP contribution in [0.15, 0.2) is 24.5 Å². The molecule has 1 aromatic rings. The molecule has 1 aromatic heterocycles. The van der Waals surface area contributed by atoms with Crippen LogP contribution < -0.4 is 10.6 Å². The number of hydrogen-bond acceptors (Lipinski definition) is 5. The first-order valence-electron chi connectivity index (χ1n) is 9.06. The summed E-state index contributed by atoms with van der Waals surface area (Å²) in [6, 6.07) is 4.47. The lowest BCUT2D eigenvalue weighted by Crippen LogP contribution is -2.49. The monoisotopic (exact) mass is 332 g/mol. The molecule has 0 spiro atoms. The quantitative estimate of drug-likeness (QED) is 0.773. The predicted molar refractivity (Wildman–Crippen MR) is 93.9 cm³/mol. The Labute approximate surface area is 144 Å². The Balaban J connectivity index is 1.38. The van der Waals surface area contributed by atoms with Crippen molar-refractivity contribution in [2.24, 2.45) is 5.92 Å². The van der Waals surface area contributed by atoms with Crippen LogP contribution in [0.4, 0.5) is 5.69 Å².